The molecule has 0 fully saturated rings. The summed E-state index contributed by atoms with van der Waals surface area (Å²) >= 11 is 6.11. The highest BCUT2D eigenvalue weighted by atomic mass is 35.5. The molecule has 0 N–H and O–H groups in total. The molecule has 4 rings (SSSR count). The molecule has 0 radical (unpaired) electrons. The normalized spacial score (nSPS) is 13.4. The molecule has 5 nitrogen and oxygen atoms in total. The Hall–Kier alpha value is -2.84. The Morgan fingerprint density at radius 1 is 1.04 bits per heavy atom. The molecule has 0 amide bonds. The minimum Gasteiger partial charge on any atom is -0.361 e. The maximum atomic E-state index is 9.34. The predicted molar refractivity (Wildman–Crippen MR) is 92.7 cm³/mol. The van der Waals surface area contributed by atoms with Gasteiger partial charge in [-0.1, -0.05) is 41.9 Å². The fraction of sp³-hybridized carbons (Fsp3) is 0.167. The van der Waals surface area contributed by atoms with Gasteiger partial charge in [0.15, 0.2) is 11.6 Å². The van der Waals surface area contributed by atoms with Crippen molar-refractivity contribution in [2.75, 3.05) is 11.4 Å². The number of aromatic nitrogens is 3. The highest BCUT2D eigenvalue weighted by Crippen LogP contribution is 2.29. The molecule has 2 aromatic carbocycles. The van der Waals surface area contributed by atoms with Crippen molar-refractivity contribution < 1.29 is 0 Å². The Labute approximate surface area is 144 Å². The molecule has 0 saturated carbocycles. The molecule has 2 heterocycles. The lowest BCUT2D eigenvalue weighted by molar-refractivity contribution is 0.563. The van der Waals surface area contributed by atoms with Crippen LogP contribution >= 0.6 is 11.6 Å². The van der Waals surface area contributed by atoms with Gasteiger partial charge in [0.2, 0.25) is 0 Å². The van der Waals surface area contributed by atoms with Crippen LogP contribution in [0.15, 0.2) is 48.5 Å². The molecular weight excluding hydrogens is 322 g/mol. The molecule has 1 aromatic heterocycles. The van der Waals surface area contributed by atoms with Gasteiger partial charge in [-0.05, 0) is 18.2 Å². The lowest BCUT2D eigenvalue weighted by Gasteiger charge is -2.30. The lowest BCUT2D eigenvalue weighted by Crippen LogP contribution is -2.34. The van der Waals surface area contributed by atoms with Crippen LogP contribution in [0.2, 0.25) is 5.02 Å². The summed E-state index contributed by atoms with van der Waals surface area (Å²) in [4.78, 5) is 2.13. The van der Waals surface area contributed by atoms with Crippen LogP contribution in [-0.2, 0) is 13.1 Å². The molecule has 1 aliphatic rings. The minimum atomic E-state index is 0.606. The van der Waals surface area contributed by atoms with Gasteiger partial charge in [-0.15, -0.1) is 10.2 Å². The van der Waals surface area contributed by atoms with Gasteiger partial charge in [0, 0.05) is 23.7 Å². The molecule has 1 aliphatic heterocycles. The van der Waals surface area contributed by atoms with Crippen molar-refractivity contribution in [3.63, 3.8) is 0 Å². The molecule has 0 unspecified atom stereocenters. The van der Waals surface area contributed by atoms with Gasteiger partial charge in [0.1, 0.15) is 6.07 Å². The monoisotopic (exact) mass is 335 g/mol. The van der Waals surface area contributed by atoms with Crippen molar-refractivity contribution in [3.05, 3.63) is 64.9 Å². The fourth-order valence-corrected chi connectivity index (χ4v) is 3.19. The van der Waals surface area contributed by atoms with E-state index in [1.807, 2.05) is 36.4 Å². The quantitative estimate of drug-likeness (QED) is 0.719. The smallest absolute Gasteiger partial charge is 0.164 e. The number of nitriles is 1. The van der Waals surface area contributed by atoms with Gasteiger partial charge in [0.05, 0.1) is 17.8 Å². The third kappa shape index (κ3) is 2.51. The average Bonchev–Trinajstić information content (AvgIpc) is 3.05. The Bertz CT molecular complexity index is 926. The first-order valence-corrected chi connectivity index (χ1v) is 8.06. The highest BCUT2D eigenvalue weighted by Gasteiger charge is 2.23. The number of nitrogens with zero attached hydrogens (tertiary/aromatic N) is 5. The summed E-state index contributed by atoms with van der Waals surface area (Å²) in [5.41, 5.74) is 2.53. The SMILES string of the molecule is N#Cc1ccc(Cl)cc1N1CCn2c(nnc2-c2ccccc2)C1. The van der Waals surface area contributed by atoms with E-state index in [9.17, 15) is 5.26 Å². The molecular formula is C18H14ClN5. The first kappa shape index (κ1) is 14.7. The first-order chi connectivity index (χ1) is 11.8. The summed E-state index contributed by atoms with van der Waals surface area (Å²) < 4.78 is 2.14. The van der Waals surface area contributed by atoms with E-state index >= 15 is 0 Å². The van der Waals surface area contributed by atoms with Crippen LogP contribution < -0.4 is 4.90 Å². The van der Waals surface area contributed by atoms with E-state index in [0.29, 0.717) is 17.1 Å². The van der Waals surface area contributed by atoms with Crippen molar-refractivity contribution in [1.82, 2.24) is 14.8 Å². The summed E-state index contributed by atoms with van der Waals surface area (Å²) in [7, 11) is 0. The topological polar surface area (TPSA) is 57.7 Å². The fourth-order valence-electron chi connectivity index (χ4n) is 3.03. The zero-order valence-electron chi connectivity index (χ0n) is 12.9. The Morgan fingerprint density at radius 2 is 1.88 bits per heavy atom. The number of anilines is 1. The van der Waals surface area contributed by atoms with Gasteiger partial charge in [-0.3, -0.25) is 0 Å². The maximum Gasteiger partial charge on any atom is 0.164 e. The van der Waals surface area contributed by atoms with Crippen LogP contribution in [0.3, 0.4) is 0 Å². The van der Waals surface area contributed by atoms with Crippen LogP contribution in [-0.4, -0.2) is 21.3 Å². The summed E-state index contributed by atoms with van der Waals surface area (Å²) in [6, 6.07) is 17.6. The van der Waals surface area contributed by atoms with E-state index in [1.54, 1.807) is 12.1 Å². The van der Waals surface area contributed by atoms with E-state index in [2.05, 4.69) is 25.7 Å². The van der Waals surface area contributed by atoms with Crippen LogP contribution in [0.5, 0.6) is 0 Å². The summed E-state index contributed by atoms with van der Waals surface area (Å²) in [5, 5.41) is 18.7. The molecule has 0 spiro atoms. The number of rotatable bonds is 2. The van der Waals surface area contributed by atoms with Gasteiger partial charge in [0.25, 0.3) is 0 Å². The molecule has 0 atom stereocenters. The van der Waals surface area contributed by atoms with Crippen LogP contribution in [0.25, 0.3) is 11.4 Å². The maximum absolute atomic E-state index is 9.34. The second kappa shape index (κ2) is 5.99. The third-order valence-corrected chi connectivity index (χ3v) is 4.44. The van der Waals surface area contributed by atoms with Crippen molar-refractivity contribution in [1.29, 1.82) is 5.26 Å². The highest BCUT2D eigenvalue weighted by molar-refractivity contribution is 6.30. The zero-order chi connectivity index (χ0) is 16.5. The van der Waals surface area contributed by atoms with Crippen molar-refractivity contribution >= 4 is 17.3 Å². The van der Waals surface area contributed by atoms with Crippen molar-refractivity contribution in [3.8, 4) is 17.5 Å². The van der Waals surface area contributed by atoms with E-state index in [4.69, 9.17) is 11.6 Å². The Morgan fingerprint density at radius 3 is 2.67 bits per heavy atom. The van der Waals surface area contributed by atoms with E-state index in [0.717, 1.165) is 36.0 Å². The zero-order valence-corrected chi connectivity index (χ0v) is 13.6. The largest absolute Gasteiger partial charge is 0.361 e. The van der Waals surface area contributed by atoms with Crippen LogP contribution in [0.4, 0.5) is 5.69 Å². The molecule has 0 saturated heterocycles. The molecule has 6 heteroatoms. The summed E-state index contributed by atoms with van der Waals surface area (Å²) in [6.45, 7) is 2.15. The van der Waals surface area contributed by atoms with Gasteiger partial charge < -0.3 is 9.47 Å². The Balaban J connectivity index is 1.68. The summed E-state index contributed by atoms with van der Waals surface area (Å²) in [5.74, 6) is 1.78. The second-order valence-corrected chi connectivity index (χ2v) is 6.09. The van der Waals surface area contributed by atoms with Gasteiger partial charge in [-0.25, -0.2) is 0 Å². The molecule has 3 aromatic rings. The lowest BCUT2D eigenvalue weighted by atomic mass is 10.1. The first-order valence-electron chi connectivity index (χ1n) is 7.68. The predicted octanol–water partition coefficient (Wildman–Crippen LogP) is 3.49. The average molecular weight is 336 g/mol. The van der Waals surface area contributed by atoms with Crippen molar-refractivity contribution in [2.24, 2.45) is 0 Å². The standard InChI is InChI=1S/C18H14ClN5/c19-15-7-6-14(11-20)16(10-15)23-8-9-24-17(12-23)21-22-18(24)13-4-2-1-3-5-13/h1-7,10H,8-9,12H2. The van der Waals surface area contributed by atoms with E-state index in [1.165, 1.54) is 0 Å². The van der Waals surface area contributed by atoms with Crippen molar-refractivity contribution in [2.45, 2.75) is 13.1 Å². The third-order valence-electron chi connectivity index (χ3n) is 4.21. The van der Waals surface area contributed by atoms with Crippen LogP contribution in [0, 0.1) is 11.3 Å². The number of halogens is 1. The Kier molecular flexibility index (Phi) is 3.68. The number of benzene rings is 2. The molecule has 0 bridgehead atoms. The molecule has 118 valence electrons. The number of hydrogen-bond acceptors (Lipinski definition) is 4. The van der Waals surface area contributed by atoms with E-state index in [-0.39, 0.29) is 0 Å². The minimum absolute atomic E-state index is 0.606. The second-order valence-electron chi connectivity index (χ2n) is 5.65. The van der Waals surface area contributed by atoms with Crippen LogP contribution in [0.1, 0.15) is 11.4 Å². The molecule has 0 aliphatic carbocycles. The number of fused-ring (bicyclic) bond motifs is 1. The van der Waals surface area contributed by atoms with Gasteiger partial charge in [-0.2, -0.15) is 5.26 Å². The number of hydrogen-bond donors (Lipinski definition) is 0. The summed E-state index contributed by atoms with van der Waals surface area (Å²) in [6.07, 6.45) is 0. The van der Waals surface area contributed by atoms with E-state index < -0.39 is 0 Å². The van der Waals surface area contributed by atoms with Gasteiger partial charge >= 0.3 is 0 Å². The molecule has 24 heavy (non-hydrogen) atoms.